The van der Waals surface area contributed by atoms with Gasteiger partial charge in [0.15, 0.2) is 5.43 Å². The zero-order valence-electron chi connectivity index (χ0n) is 19.4. The molecular formula is C27H34N2O3. The van der Waals surface area contributed by atoms with Gasteiger partial charge in [-0.3, -0.25) is 4.79 Å². The maximum Gasteiger partial charge on any atom is 0.200 e. The molecular weight excluding hydrogens is 400 g/mol. The van der Waals surface area contributed by atoms with Gasteiger partial charge in [-0.05, 0) is 48.1 Å². The van der Waals surface area contributed by atoms with Crippen molar-refractivity contribution in [1.29, 1.82) is 0 Å². The van der Waals surface area contributed by atoms with E-state index in [-0.39, 0.29) is 10.8 Å². The first-order chi connectivity index (χ1) is 15.4. The molecule has 0 unspecified atom stereocenters. The van der Waals surface area contributed by atoms with Gasteiger partial charge in [0, 0.05) is 32.2 Å². The largest absolute Gasteiger partial charge is 0.493 e. The zero-order valence-corrected chi connectivity index (χ0v) is 19.4. The number of nitrogens with zero attached hydrogens (tertiary/aromatic N) is 1. The lowest BCUT2D eigenvalue weighted by molar-refractivity contribution is 0.226. The van der Waals surface area contributed by atoms with Gasteiger partial charge in [-0.1, -0.05) is 45.0 Å². The minimum atomic E-state index is -0.0164. The highest BCUT2D eigenvalue weighted by Gasteiger charge is 2.15. The average molecular weight is 435 g/mol. The van der Waals surface area contributed by atoms with Crippen LogP contribution < -0.4 is 15.5 Å². The maximum atomic E-state index is 13.1. The quantitative estimate of drug-likeness (QED) is 0.540. The van der Waals surface area contributed by atoms with Crippen LogP contribution in [-0.2, 0) is 5.41 Å². The van der Waals surface area contributed by atoms with Crippen LogP contribution in [0, 0.1) is 0 Å². The van der Waals surface area contributed by atoms with E-state index < -0.39 is 0 Å². The van der Waals surface area contributed by atoms with Gasteiger partial charge in [-0.2, -0.15) is 0 Å². The molecule has 1 aliphatic heterocycles. The van der Waals surface area contributed by atoms with E-state index in [1.165, 1.54) is 5.56 Å². The van der Waals surface area contributed by atoms with Gasteiger partial charge in [-0.15, -0.1) is 0 Å². The molecule has 0 aliphatic carbocycles. The lowest BCUT2D eigenvalue weighted by Gasteiger charge is -2.26. The Hall–Kier alpha value is -2.63. The second kappa shape index (κ2) is 9.88. The molecule has 1 fully saturated rings. The topological polar surface area (TPSA) is 54.7 Å². The van der Waals surface area contributed by atoms with Gasteiger partial charge in [-0.25, -0.2) is 0 Å². The van der Waals surface area contributed by atoms with Crippen LogP contribution in [0.3, 0.4) is 0 Å². The van der Waals surface area contributed by atoms with E-state index in [1.807, 2.05) is 30.3 Å². The number of hydrogen-bond acceptors (Lipinski definition) is 5. The summed E-state index contributed by atoms with van der Waals surface area (Å²) in [5.41, 5.74) is 3.31. The molecule has 1 aromatic heterocycles. The van der Waals surface area contributed by atoms with E-state index in [1.54, 1.807) is 6.26 Å². The van der Waals surface area contributed by atoms with Gasteiger partial charge in [0.1, 0.15) is 17.6 Å². The van der Waals surface area contributed by atoms with Gasteiger partial charge in [0.05, 0.1) is 17.6 Å². The fourth-order valence-electron chi connectivity index (χ4n) is 4.11. The molecule has 1 saturated heterocycles. The van der Waals surface area contributed by atoms with Gasteiger partial charge >= 0.3 is 0 Å². The van der Waals surface area contributed by atoms with Crippen molar-refractivity contribution >= 4 is 11.0 Å². The molecule has 0 radical (unpaired) electrons. The number of piperazine rings is 1. The van der Waals surface area contributed by atoms with Crippen molar-refractivity contribution in [2.45, 2.75) is 39.0 Å². The van der Waals surface area contributed by atoms with E-state index in [0.29, 0.717) is 23.1 Å². The first-order valence-corrected chi connectivity index (χ1v) is 11.6. The number of benzene rings is 2. The number of ether oxygens (including phenoxy) is 1. The molecule has 3 aromatic rings. The Labute approximate surface area is 190 Å². The van der Waals surface area contributed by atoms with Crippen molar-refractivity contribution in [2.75, 3.05) is 39.3 Å². The summed E-state index contributed by atoms with van der Waals surface area (Å²) >= 11 is 0. The summed E-state index contributed by atoms with van der Waals surface area (Å²) in [5, 5.41) is 3.96. The predicted octanol–water partition coefficient (Wildman–Crippen LogP) is 4.82. The van der Waals surface area contributed by atoms with Crippen LogP contribution in [-0.4, -0.2) is 44.2 Å². The first kappa shape index (κ1) is 22.6. The van der Waals surface area contributed by atoms with Crippen molar-refractivity contribution in [3.05, 3.63) is 64.5 Å². The van der Waals surface area contributed by atoms with E-state index in [9.17, 15) is 4.79 Å². The molecule has 2 aromatic carbocycles. The van der Waals surface area contributed by atoms with Crippen LogP contribution >= 0.6 is 0 Å². The monoisotopic (exact) mass is 434 g/mol. The molecule has 0 spiro atoms. The van der Waals surface area contributed by atoms with Crippen LogP contribution in [0.2, 0.25) is 0 Å². The highest BCUT2D eigenvalue weighted by molar-refractivity contribution is 5.82. The van der Waals surface area contributed by atoms with Crippen molar-refractivity contribution in [2.24, 2.45) is 0 Å². The van der Waals surface area contributed by atoms with Gasteiger partial charge < -0.3 is 19.4 Å². The third-order valence-electron chi connectivity index (χ3n) is 6.16. The Morgan fingerprint density at radius 2 is 1.78 bits per heavy atom. The van der Waals surface area contributed by atoms with Gasteiger partial charge in [0.25, 0.3) is 0 Å². The molecule has 170 valence electrons. The standard InChI is InChI=1S/C27H34N2O3/c1-27(2,3)21-8-6-20(7-9-21)24-19-32-25-18-22(10-11-23(25)26(24)30)31-17-5-4-14-29-15-12-28-13-16-29/h6-11,18-19,28H,4-5,12-17H2,1-3H3. The number of unbranched alkanes of at least 4 members (excludes halogenated alkanes) is 1. The van der Waals surface area contributed by atoms with Crippen LogP contribution in [0.15, 0.2) is 57.9 Å². The smallest absolute Gasteiger partial charge is 0.200 e. The molecule has 0 atom stereocenters. The average Bonchev–Trinajstić information content (AvgIpc) is 2.79. The molecule has 0 saturated carbocycles. The summed E-state index contributed by atoms with van der Waals surface area (Å²) < 4.78 is 11.7. The Morgan fingerprint density at radius 3 is 2.50 bits per heavy atom. The third kappa shape index (κ3) is 5.40. The summed E-state index contributed by atoms with van der Waals surface area (Å²) in [6.45, 7) is 12.8. The Kier molecular flexibility index (Phi) is 6.97. The lowest BCUT2D eigenvalue weighted by atomic mass is 9.86. The number of rotatable bonds is 7. The second-order valence-electron chi connectivity index (χ2n) is 9.61. The zero-order chi connectivity index (χ0) is 22.6. The summed E-state index contributed by atoms with van der Waals surface area (Å²) in [7, 11) is 0. The van der Waals surface area contributed by atoms with Crippen molar-refractivity contribution in [3.63, 3.8) is 0 Å². The third-order valence-corrected chi connectivity index (χ3v) is 6.16. The fraction of sp³-hybridized carbons (Fsp3) is 0.444. The highest BCUT2D eigenvalue weighted by Crippen LogP contribution is 2.27. The molecule has 1 aliphatic rings. The first-order valence-electron chi connectivity index (χ1n) is 11.6. The maximum absolute atomic E-state index is 13.1. The minimum absolute atomic E-state index is 0.0164. The number of fused-ring (bicyclic) bond motifs is 1. The summed E-state index contributed by atoms with van der Waals surface area (Å²) in [6, 6.07) is 13.6. The van der Waals surface area contributed by atoms with Gasteiger partial charge in [0.2, 0.25) is 0 Å². The summed E-state index contributed by atoms with van der Waals surface area (Å²) in [6.07, 6.45) is 3.70. The summed E-state index contributed by atoms with van der Waals surface area (Å²) in [5.74, 6) is 0.741. The predicted molar refractivity (Wildman–Crippen MR) is 131 cm³/mol. The highest BCUT2D eigenvalue weighted by atomic mass is 16.5. The van der Waals surface area contributed by atoms with E-state index in [4.69, 9.17) is 9.15 Å². The minimum Gasteiger partial charge on any atom is -0.493 e. The number of nitrogens with one attached hydrogen (secondary N) is 1. The van der Waals surface area contributed by atoms with Crippen molar-refractivity contribution in [1.82, 2.24) is 10.2 Å². The Morgan fingerprint density at radius 1 is 1.03 bits per heavy atom. The van der Waals surface area contributed by atoms with E-state index in [0.717, 1.165) is 56.9 Å². The molecule has 2 heterocycles. The van der Waals surface area contributed by atoms with Crippen molar-refractivity contribution in [3.8, 4) is 16.9 Å². The SMILES string of the molecule is CC(C)(C)c1ccc(-c2coc3cc(OCCCCN4CCNCC4)ccc3c2=O)cc1. The van der Waals surface area contributed by atoms with Crippen LogP contribution in [0.4, 0.5) is 0 Å². The van der Waals surface area contributed by atoms with E-state index in [2.05, 4.69) is 43.1 Å². The fourth-order valence-corrected chi connectivity index (χ4v) is 4.11. The molecule has 5 heteroatoms. The van der Waals surface area contributed by atoms with Crippen molar-refractivity contribution < 1.29 is 9.15 Å². The van der Waals surface area contributed by atoms with Crippen LogP contribution in [0.1, 0.15) is 39.2 Å². The summed E-state index contributed by atoms with van der Waals surface area (Å²) in [4.78, 5) is 15.6. The molecule has 0 bridgehead atoms. The molecule has 0 amide bonds. The Balaban J connectivity index is 1.39. The van der Waals surface area contributed by atoms with E-state index >= 15 is 0 Å². The Bertz CT molecular complexity index is 1090. The van der Waals surface area contributed by atoms with Crippen LogP contribution in [0.25, 0.3) is 22.1 Å². The molecule has 32 heavy (non-hydrogen) atoms. The molecule has 4 rings (SSSR count). The lowest BCUT2D eigenvalue weighted by Crippen LogP contribution is -2.43. The normalized spacial score (nSPS) is 15.2. The van der Waals surface area contributed by atoms with Crippen LogP contribution in [0.5, 0.6) is 5.75 Å². The second-order valence-corrected chi connectivity index (χ2v) is 9.61. The molecule has 1 N–H and O–H groups in total. The number of hydrogen-bond donors (Lipinski definition) is 1. The molecule has 5 nitrogen and oxygen atoms in total.